The van der Waals surface area contributed by atoms with Gasteiger partial charge in [-0.25, -0.2) is 0 Å². The van der Waals surface area contributed by atoms with Gasteiger partial charge in [-0.3, -0.25) is 9.59 Å². The number of Topliss-reactive ketones (excluding diaryl/α,β-unsaturated/α-hetero) is 1. The lowest BCUT2D eigenvalue weighted by Crippen LogP contribution is -2.31. The minimum atomic E-state index is -0.662. The summed E-state index contributed by atoms with van der Waals surface area (Å²) in [5.74, 6) is -0.621. The summed E-state index contributed by atoms with van der Waals surface area (Å²) >= 11 is 0. The van der Waals surface area contributed by atoms with Crippen LogP contribution in [0.15, 0.2) is 48.0 Å². The number of methoxy groups -OCH3 is 1. The van der Waals surface area contributed by atoms with Crippen molar-refractivity contribution in [3.8, 4) is 5.75 Å². The minimum absolute atomic E-state index is 0.0254. The monoisotopic (exact) mass is 463 g/mol. The molecule has 1 saturated heterocycles. The van der Waals surface area contributed by atoms with Crippen LogP contribution in [0.5, 0.6) is 5.75 Å². The Labute approximate surface area is 201 Å². The summed E-state index contributed by atoms with van der Waals surface area (Å²) in [6.07, 6.45) is 1.40. The van der Waals surface area contributed by atoms with Crippen LogP contribution in [0.2, 0.25) is 0 Å². The number of aliphatic hydroxyl groups excluding tert-OH is 1. The van der Waals surface area contributed by atoms with Gasteiger partial charge < -0.3 is 19.5 Å². The van der Waals surface area contributed by atoms with E-state index >= 15 is 0 Å². The molecule has 1 fully saturated rings. The van der Waals surface area contributed by atoms with Crippen molar-refractivity contribution in [2.75, 3.05) is 20.3 Å². The van der Waals surface area contributed by atoms with Gasteiger partial charge in [-0.2, -0.15) is 0 Å². The maximum absolute atomic E-state index is 13.2. The second-order valence-corrected chi connectivity index (χ2v) is 10.2. The molecule has 1 amide bonds. The molecule has 2 unspecified atom stereocenters. The molecule has 0 aliphatic carbocycles. The first-order valence-electron chi connectivity index (χ1n) is 11.8. The zero-order valence-electron chi connectivity index (χ0n) is 20.6. The van der Waals surface area contributed by atoms with Gasteiger partial charge in [0.1, 0.15) is 17.6 Å². The number of hydrogen-bond acceptors (Lipinski definition) is 5. The van der Waals surface area contributed by atoms with Crippen LogP contribution in [0.1, 0.15) is 62.4 Å². The van der Waals surface area contributed by atoms with Crippen molar-refractivity contribution in [2.24, 2.45) is 0 Å². The normalized spacial score (nSPS) is 21.6. The molecule has 2 aliphatic rings. The predicted octanol–water partition coefficient (Wildman–Crippen LogP) is 4.77. The van der Waals surface area contributed by atoms with E-state index < -0.39 is 17.7 Å². The zero-order chi connectivity index (χ0) is 24.6. The van der Waals surface area contributed by atoms with Crippen LogP contribution in [0.25, 0.3) is 5.76 Å². The third kappa shape index (κ3) is 4.47. The number of carbonyl (C=O) groups is 2. The molecule has 4 rings (SSSR count). The first-order valence-corrected chi connectivity index (χ1v) is 11.8. The van der Waals surface area contributed by atoms with Gasteiger partial charge in [0.05, 0.1) is 11.6 Å². The SMILES string of the molecule is COCCCN1C(=O)C(=O)/C(=C(/O)c2ccc3c(c2)CC(C)O3)C1c1ccc(C(C)(C)C)cc1. The molecule has 0 saturated carbocycles. The highest BCUT2D eigenvalue weighted by molar-refractivity contribution is 6.46. The highest BCUT2D eigenvalue weighted by Gasteiger charge is 2.46. The fourth-order valence-corrected chi connectivity index (χ4v) is 4.73. The van der Waals surface area contributed by atoms with E-state index in [0.717, 1.165) is 28.9 Å². The van der Waals surface area contributed by atoms with Crippen LogP contribution in [-0.4, -0.2) is 48.1 Å². The number of amides is 1. The Bertz CT molecular complexity index is 1130. The maximum atomic E-state index is 13.2. The van der Waals surface area contributed by atoms with Crippen molar-refractivity contribution < 1.29 is 24.2 Å². The van der Waals surface area contributed by atoms with Crippen molar-refractivity contribution >= 4 is 17.4 Å². The van der Waals surface area contributed by atoms with Gasteiger partial charge in [-0.05, 0) is 53.6 Å². The third-order valence-corrected chi connectivity index (χ3v) is 6.55. The standard InChI is InChI=1S/C28H33NO5/c1-17-15-20-16-19(9-12-22(20)34-17)25(30)23-24(18-7-10-21(11-8-18)28(2,3)4)29(13-6-14-33-5)27(32)26(23)31/h7-12,16-17,24,30H,6,13-15H2,1-5H3/b25-23+. The highest BCUT2D eigenvalue weighted by Crippen LogP contribution is 2.41. The second kappa shape index (κ2) is 9.26. The molecule has 34 heavy (non-hydrogen) atoms. The fourth-order valence-electron chi connectivity index (χ4n) is 4.73. The summed E-state index contributed by atoms with van der Waals surface area (Å²) in [4.78, 5) is 27.8. The molecule has 1 N–H and O–H groups in total. The number of ether oxygens (including phenoxy) is 2. The van der Waals surface area contributed by atoms with E-state index in [4.69, 9.17) is 9.47 Å². The quantitative estimate of drug-likeness (QED) is 0.289. The van der Waals surface area contributed by atoms with E-state index in [1.54, 1.807) is 18.1 Å². The summed E-state index contributed by atoms with van der Waals surface area (Å²) in [7, 11) is 1.61. The van der Waals surface area contributed by atoms with Gasteiger partial charge in [-0.1, -0.05) is 45.0 Å². The van der Waals surface area contributed by atoms with E-state index in [2.05, 4.69) is 20.8 Å². The number of aliphatic hydroxyl groups is 1. The van der Waals surface area contributed by atoms with E-state index in [1.807, 2.05) is 43.3 Å². The van der Waals surface area contributed by atoms with Gasteiger partial charge in [-0.15, -0.1) is 0 Å². The van der Waals surface area contributed by atoms with Gasteiger partial charge >= 0.3 is 0 Å². The number of ketones is 1. The van der Waals surface area contributed by atoms with Crippen LogP contribution in [0, 0.1) is 0 Å². The topological polar surface area (TPSA) is 76.1 Å². The molecule has 6 heteroatoms. The number of nitrogens with zero attached hydrogens (tertiary/aromatic N) is 1. The maximum Gasteiger partial charge on any atom is 0.295 e. The van der Waals surface area contributed by atoms with E-state index in [0.29, 0.717) is 25.1 Å². The van der Waals surface area contributed by atoms with Crippen molar-refractivity contribution in [2.45, 2.75) is 58.1 Å². The molecule has 6 nitrogen and oxygen atoms in total. The third-order valence-electron chi connectivity index (χ3n) is 6.55. The Hall–Kier alpha value is -3.12. The number of fused-ring (bicyclic) bond motifs is 1. The molecule has 0 spiro atoms. The molecule has 0 bridgehead atoms. The summed E-state index contributed by atoms with van der Waals surface area (Å²) in [6, 6.07) is 12.7. The molecule has 2 aromatic rings. The number of carbonyl (C=O) groups excluding carboxylic acids is 2. The van der Waals surface area contributed by atoms with E-state index in [1.165, 1.54) is 0 Å². The van der Waals surface area contributed by atoms with Crippen molar-refractivity contribution in [3.05, 3.63) is 70.3 Å². The van der Waals surface area contributed by atoms with Gasteiger partial charge in [0.25, 0.3) is 11.7 Å². The Morgan fingerprint density at radius 2 is 1.85 bits per heavy atom. The summed E-state index contributed by atoms with van der Waals surface area (Å²) in [5, 5.41) is 11.3. The van der Waals surface area contributed by atoms with Crippen LogP contribution < -0.4 is 4.74 Å². The number of hydrogen-bond donors (Lipinski definition) is 1. The first-order chi connectivity index (χ1) is 16.1. The number of benzene rings is 2. The van der Waals surface area contributed by atoms with Gasteiger partial charge in [0.2, 0.25) is 0 Å². The zero-order valence-corrected chi connectivity index (χ0v) is 20.6. The Morgan fingerprint density at radius 1 is 1.15 bits per heavy atom. The molecular formula is C28H33NO5. The molecule has 2 aromatic carbocycles. The van der Waals surface area contributed by atoms with Gasteiger partial charge in [0.15, 0.2) is 0 Å². The summed E-state index contributed by atoms with van der Waals surface area (Å²) in [6.45, 7) is 9.23. The summed E-state index contributed by atoms with van der Waals surface area (Å²) in [5.41, 5.74) is 3.55. The average molecular weight is 464 g/mol. The molecular weight excluding hydrogens is 430 g/mol. The molecule has 0 radical (unpaired) electrons. The van der Waals surface area contributed by atoms with Crippen LogP contribution in [0.4, 0.5) is 0 Å². The summed E-state index contributed by atoms with van der Waals surface area (Å²) < 4.78 is 10.9. The Kier molecular flexibility index (Phi) is 6.54. The molecule has 2 heterocycles. The lowest BCUT2D eigenvalue weighted by Gasteiger charge is -2.26. The van der Waals surface area contributed by atoms with Crippen LogP contribution >= 0.6 is 0 Å². The largest absolute Gasteiger partial charge is 0.507 e. The Balaban J connectivity index is 1.79. The number of likely N-dealkylation sites (tertiary alicyclic amines) is 1. The van der Waals surface area contributed by atoms with Crippen molar-refractivity contribution in [3.63, 3.8) is 0 Å². The molecule has 2 atom stereocenters. The van der Waals surface area contributed by atoms with Crippen LogP contribution in [-0.2, 0) is 26.2 Å². The fraction of sp³-hybridized carbons (Fsp3) is 0.429. The van der Waals surface area contributed by atoms with Gasteiger partial charge in [0, 0.05) is 32.2 Å². The van der Waals surface area contributed by atoms with E-state index in [-0.39, 0.29) is 22.9 Å². The molecule has 180 valence electrons. The average Bonchev–Trinajstić information content (AvgIpc) is 3.29. The molecule has 0 aromatic heterocycles. The predicted molar refractivity (Wildman–Crippen MR) is 131 cm³/mol. The van der Waals surface area contributed by atoms with E-state index in [9.17, 15) is 14.7 Å². The lowest BCUT2D eigenvalue weighted by molar-refractivity contribution is -0.140. The van der Waals surface area contributed by atoms with Crippen molar-refractivity contribution in [1.29, 1.82) is 0 Å². The second-order valence-electron chi connectivity index (χ2n) is 10.2. The number of rotatable bonds is 6. The molecule has 2 aliphatic heterocycles. The van der Waals surface area contributed by atoms with Crippen LogP contribution in [0.3, 0.4) is 0 Å². The first kappa shape index (κ1) is 24.0. The minimum Gasteiger partial charge on any atom is -0.507 e. The van der Waals surface area contributed by atoms with Crippen molar-refractivity contribution in [1.82, 2.24) is 4.90 Å². The lowest BCUT2D eigenvalue weighted by atomic mass is 9.85. The highest BCUT2D eigenvalue weighted by atomic mass is 16.5. The smallest absolute Gasteiger partial charge is 0.295 e. The Morgan fingerprint density at radius 3 is 2.50 bits per heavy atom.